The average molecular weight is 218 g/mol. The number of carbonyl (C=O) groups excluding carboxylic acids is 1. The van der Waals surface area contributed by atoms with Crippen molar-refractivity contribution in [3.63, 3.8) is 0 Å². The molecule has 1 aliphatic heterocycles. The van der Waals surface area contributed by atoms with Crippen LogP contribution in [0.1, 0.15) is 20.8 Å². The SMILES string of the molecule is CO[C@@H](C)O[C@H](C=O)[C@@H]1COC(C)(C)O1. The lowest BCUT2D eigenvalue weighted by Gasteiger charge is -2.22. The van der Waals surface area contributed by atoms with Crippen LogP contribution in [0.2, 0.25) is 0 Å². The zero-order valence-corrected chi connectivity index (χ0v) is 9.56. The molecule has 1 saturated heterocycles. The summed E-state index contributed by atoms with van der Waals surface area (Å²) in [5.41, 5.74) is 0. The normalized spacial score (nSPS) is 28.7. The Hall–Kier alpha value is -0.490. The number of hydrogen-bond donors (Lipinski definition) is 0. The van der Waals surface area contributed by atoms with Crippen LogP contribution in [0.25, 0.3) is 0 Å². The first-order valence-electron chi connectivity index (χ1n) is 4.94. The molecule has 0 N–H and O–H groups in total. The van der Waals surface area contributed by atoms with Gasteiger partial charge in [0.05, 0.1) is 6.61 Å². The second-order valence-electron chi connectivity index (χ2n) is 3.91. The summed E-state index contributed by atoms with van der Waals surface area (Å²) in [6.07, 6.45) is -0.741. The fourth-order valence-electron chi connectivity index (χ4n) is 1.36. The van der Waals surface area contributed by atoms with Gasteiger partial charge < -0.3 is 23.7 Å². The van der Waals surface area contributed by atoms with Crippen LogP contribution in [0.3, 0.4) is 0 Å². The van der Waals surface area contributed by atoms with Gasteiger partial charge in [-0.2, -0.15) is 0 Å². The van der Waals surface area contributed by atoms with Crippen molar-refractivity contribution in [3.05, 3.63) is 0 Å². The summed E-state index contributed by atoms with van der Waals surface area (Å²) in [6.45, 7) is 5.67. The van der Waals surface area contributed by atoms with Gasteiger partial charge >= 0.3 is 0 Å². The van der Waals surface area contributed by atoms with Crippen LogP contribution in [-0.2, 0) is 23.7 Å². The second kappa shape index (κ2) is 5.03. The van der Waals surface area contributed by atoms with E-state index in [1.807, 2.05) is 0 Å². The van der Waals surface area contributed by atoms with Crippen LogP contribution in [0.15, 0.2) is 0 Å². The van der Waals surface area contributed by atoms with Gasteiger partial charge in [0.2, 0.25) is 0 Å². The molecule has 0 aliphatic carbocycles. The zero-order chi connectivity index (χ0) is 11.5. The predicted octanol–water partition coefficient (Wildman–Crippen LogP) is 0.714. The van der Waals surface area contributed by atoms with Crippen molar-refractivity contribution in [2.45, 2.75) is 45.1 Å². The molecule has 1 rings (SSSR count). The maximum absolute atomic E-state index is 10.8. The third-order valence-corrected chi connectivity index (χ3v) is 2.21. The van der Waals surface area contributed by atoms with Gasteiger partial charge in [0.1, 0.15) is 12.2 Å². The molecule has 5 nitrogen and oxygen atoms in total. The van der Waals surface area contributed by atoms with Gasteiger partial charge in [0.15, 0.2) is 18.4 Å². The molecule has 1 fully saturated rings. The molecule has 3 atom stereocenters. The van der Waals surface area contributed by atoms with Crippen molar-refractivity contribution in [2.24, 2.45) is 0 Å². The molecule has 0 aromatic heterocycles. The molecule has 1 aliphatic rings. The van der Waals surface area contributed by atoms with Crippen molar-refractivity contribution < 1.29 is 23.7 Å². The highest BCUT2D eigenvalue weighted by Gasteiger charge is 2.38. The summed E-state index contributed by atoms with van der Waals surface area (Å²) in [5, 5.41) is 0. The highest BCUT2D eigenvalue weighted by Crippen LogP contribution is 2.25. The molecule has 0 unspecified atom stereocenters. The highest BCUT2D eigenvalue weighted by atomic mass is 16.8. The van der Waals surface area contributed by atoms with E-state index in [2.05, 4.69) is 0 Å². The fraction of sp³-hybridized carbons (Fsp3) is 0.900. The van der Waals surface area contributed by atoms with E-state index < -0.39 is 18.2 Å². The number of aldehydes is 1. The molecular weight excluding hydrogens is 200 g/mol. The molecule has 0 saturated carbocycles. The number of ether oxygens (including phenoxy) is 4. The van der Waals surface area contributed by atoms with Crippen LogP contribution < -0.4 is 0 Å². The first-order chi connectivity index (χ1) is 6.98. The van der Waals surface area contributed by atoms with Gasteiger partial charge in [-0.25, -0.2) is 0 Å². The Morgan fingerprint density at radius 1 is 1.53 bits per heavy atom. The van der Waals surface area contributed by atoms with Gasteiger partial charge in [-0.05, 0) is 20.8 Å². The minimum atomic E-state index is -0.651. The second-order valence-corrected chi connectivity index (χ2v) is 3.91. The third-order valence-electron chi connectivity index (χ3n) is 2.21. The van der Waals surface area contributed by atoms with Crippen molar-refractivity contribution in [1.82, 2.24) is 0 Å². The summed E-state index contributed by atoms with van der Waals surface area (Å²) in [5.74, 6) is -0.647. The van der Waals surface area contributed by atoms with Crippen molar-refractivity contribution >= 4 is 6.29 Å². The van der Waals surface area contributed by atoms with Crippen molar-refractivity contribution in [3.8, 4) is 0 Å². The number of carbonyl (C=O) groups is 1. The van der Waals surface area contributed by atoms with Gasteiger partial charge in [-0.3, -0.25) is 0 Å². The number of methoxy groups -OCH3 is 1. The summed E-state index contributed by atoms with van der Waals surface area (Å²) in [7, 11) is 1.52. The Labute approximate surface area is 89.6 Å². The molecule has 0 aromatic rings. The molecule has 0 aromatic carbocycles. The first kappa shape index (κ1) is 12.6. The minimum absolute atomic E-state index is 0.354. The highest BCUT2D eigenvalue weighted by molar-refractivity contribution is 5.57. The summed E-state index contributed by atoms with van der Waals surface area (Å²) in [4.78, 5) is 10.8. The van der Waals surface area contributed by atoms with E-state index in [0.717, 1.165) is 0 Å². The molecule has 0 amide bonds. The van der Waals surface area contributed by atoms with Crippen LogP contribution in [-0.4, -0.2) is 44.3 Å². The van der Waals surface area contributed by atoms with Crippen LogP contribution in [0, 0.1) is 0 Å². The molecule has 0 spiro atoms. The van der Waals surface area contributed by atoms with Gasteiger partial charge in [0, 0.05) is 7.11 Å². The smallest absolute Gasteiger partial charge is 0.163 e. The number of hydrogen-bond acceptors (Lipinski definition) is 5. The lowest BCUT2D eigenvalue weighted by Crippen LogP contribution is -2.36. The molecule has 1 heterocycles. The lowest BCUT2D eigenvalue weighted by atomic mass is 10.2. The minimum Gasteiger partial charge on any atom is -0.356 e. The molecular formula is C10H18O5. The Balaban J connectivity index is 2.49. The number of rotatable bonds is 5. The quantitative estimate of drug-likeness (QED) is 0.502. The topological polar surface area (TPSA) is 54.0 Å². The van der Waals surface area contributed by atoms with E-state index in [1.54, 1.807) is 20.8 Å². The van der Waals surface area contributed by atoms with Crippen LogP contribution >= 0.6 is 0 Å². The van der Waals surface area contributed by atoms with Crippen LogP contribution in [0.4, 0.5) is 0 Å². The van der Waals surface area contributed by atoms with E-state index >= 15 is 0 Å². The van der Waals surface area contributed by atoms with Gasteiger partial charge in [-0.15, -0.1) is 0 Å². The molecule has 0 radical (unpaired) electrons. The first-order valence-corrected chi connectivity index (χ1v) is 4.94. The summed E-state index contributed by atoms with van der Waals surface area (Å²) in [6, 6.07) is 0. The van der Waals surface area contributed by atoms with E-state index in [-0.39, 0.29) is 6.10 Å². The average Bonchev–Trinajstić information content (AvgIpc) is 2.54. The van der Waals surface area contributed by atoms with Crippen molar-refractivity contribution in [1.29, 1.82) is 0 Å². The van der Waals surface area contributed by atoms with E-state index in [9.17, 15) is 4.79 Å². The Bertz CT molecular complexity index is 216. The van der Waals surface area contributed by atoms with E-state index in [1.165, 1.54) is 7.11 Å². The fourth-order valence-corrected chi connectivity index (χ4v) is 1.36. The standard InChI is InChI=1S/C10H18O5/c1-7(12-4)14-8(5-11)9-6-13-10(2,3)15-9/h5,7-9H,6H2,1-4H3/t7-,8-,9+/m1/s1. The Kier molecular flexibility index (Phi) is 4.21. The van der Waals surface area contributed by atoms with E-state index in [0.29, 0.717) is 12.9 Å². The van der Waals surface area contributed by atoms with E-state index in [4.69, 9.17) is 18.9 Å². The van der Waals surface area contributed by atoms with Crippen LogP contribution in [0.5, 0.6) is 0 Å². The van der Waals surface area contributed by atoms with Gasteiger partial charge in [0.25, 0.3) is 0 Å². The molecule has 15 heavy (non-hydrogen) atoms. The van der Waals surface area contributed by atoms with Gasteiger partial charge in [-0.1, -0.05) is 0 Å². The Morgan fingerprint density at radius 3 is 2.60 bits per heavy atom. The third kappa shape index (κ3) is 3.53. The lowest BCUT2D eigenvalue weighted by molar-refractivity contribution is -0.191. The monoisotopic (exact) mass is 218 g/mol. The maximum atomic E-state index is 10.8. The summed E-state index contributed by atoms with van der Waals surface area (Å²) >= 11 is 0. The van der Waals surface area contributed by atoms with Crippen molar-refractivity contribution in [2.75, 3.05) is 13.7 Å². The largest absolute Gasteiger partial charge is 0.356 e. The molecule has 5 heteroatoms. The molecule has 88 valence electrons. The Morgan fingerprint density at radius 2 is 2.20 bits per heavy atom. The predicted molar refractivity (Wildman–Crippen MR) is 52.3 cm³/mol. The summed E-state index contributed by atoms with van der Waals surface area (Å²) < 4.78 is 21.1. The maximum Gasteiger partial charge on any atom is 0.163 e. The molecule has 0 bridgehead atoms. The zero-order valence-electron chi connectivity index (χ0n) is 9.56.